The zero-order chi connectivity index (χ0) is 22.8. The maximum Gasteiger partial charge on any atom is 0.274 e. The molecule has 3 heterocycles. The van der Waals surface area contributed by atoms with Gasteiger partial charge < -0.3 is 4.90 Å². The molecular formula is C24H21N5O3S. The first-order chi connectivity index (χ1) is 16.0. The third-order valence-corrected chi connectivity index (χ3v) is 8.19. The highest BCUT2D eigenvalue weighted by Gasteiger charge is 2.33. The third-order valence-electron chi connectivity index (χ3n) is 5.91. The van der Waals surface area contributed by atoms with Crippen LogP contribution in [0, 0.1) is 0 Å². The number of benzene rings is 2. The summed E-state index contributed by atoms with van der Waals surface area (Å²) in [6.07, 6.45) is 7.05. The second-order valence-corrected chi connectivity index (χ2v) is 10.2. The van der Waals surface area contributed by atoms with E-state index in [1.54, 1.807) is 41.6 Å². The van der Waals surface area contributed by atoms with Crippen LogP contribution in [0.3, 0.4) is 0 Å². The Morgan fingerprint density at radius 3 is 2.21 bits per heavy atom. The lowest BCUT2D eigenvalue weighted by Gasteiger charge is -2.31. The molecular weight excluding hydrogens is 438 g/mol. The van der Waals surface area contributed by atoms with E-state index in [-0.39, 0.29) is 16.5 Å². The lowest BCUT2D eigenvalue weighted by molar-refractivity contribution is 0.0719. The van der Waals surface area contributed by atoms with E-state index in [0.717, 1.165) is 16.6 Å². The fraction of sp³-hybridized carbons (Fsp3) is 0.208. The van der Waals surface area contributed by atoms with E-state index < -0.39 is 15.1 Å². The lowest BCUT2D eigenvalue weighted by atomic mass is 10.1. The van der Waals surface area contributed by atoms with Crippen LogP contribution >= 0.6 is 0 Å². The molecule has 0 aliphatic carbocycles. The molecule has 0 atom stereocenters. The maximum atomic E-state index is 13.2. The van der Waals surface area contributed by atoms with E-state index in [0.29, 0.717) is 31.4 Å². The first kappa shape index (κ1) is 21.1. The summed E-state index contributed by atoms with van der Waals surface area (Å²) in [6, 6.07) is 14.2. The second-order valence-electron chi connectivity index (χ2n) is 7.93. The number of likely N-dealkylation sites (tertiary alicyclic amines) is 1. The van der Waals surface area contributed by atoms with Crippen molar-refractivity contribution < 1.29 is 13.2 Å². The number of hydrogen-bond acceptors (Lipinski definition) is 7. The molecule has 0 N–H and O–H groups in total. The van der Waals surface area contributed by atoms with E-state index in [4.69, 9.17) is 0 Å². The minimum absolute atomic E-state index is 0.224. The van der Waals surface area contributed by atoms with Crippen molar-refractivity contribution >= 4 is 26.8 Å². The standard InChI is InChI=1S/C24H21N5O3S/c30-24(23-15-27-21-3-1-2-4-22(21)28-23)29-11-9-20(10-12-29)33(31,32)19-7-5-17(6-8-19)18-13-25-16-26-14-18/h1-8,13-16,20H,9-12H2. The van der Waals surface area contributed by atoms with Gasteiger partial charge in [0, 0.05) is 31.0 Å². The van der Waals surface area contributed by atoms with Gasteiger partial charge in [-0.25, -0.2) is 23.4 Å². The van der Waals surface area contributed by atoms with Crippen LogP contribution in [0.2, 0.25) is 0 Å². The van der Waals surface area contributed by atoms with Gasteiger partial charge in [0.05, 0.1) is 27.4 Å². The fourth-order valence-electron chi connectivity index (χ4n) is 4.07. The molecule has 2 aromatic heterocycles. The predicted molar refractivity (Wildman–Crippen MR) is 123 cm³/mol. The Morgan fingerprint density at radius 1 is 0.848 bits per heavy atom. The summed E-state index contributed by atoms with van der Waals surface area (Å²) >= 11 is 0. The molecule has 9 heteroatoms. The van der Waals surface area contributed by atoms with Crippen molar-refractivity contribution in [2.45, 2.75) is 23.0 Å². The van der Waals surface area contributed by atoms with Crippen LogP contribution in [0.5, 0.6) is 0 Å². The molecule has 1 saturated heterocycles. The van der Waals surface area contributed by atoms with Gasteiger partial charge in [0.15, 0.2) is 9.84 Å². The molecule has 1 aliphatic heterocycles. The Hall–Kier alpha value is -3.72. The molecule has 1 fully saturated rings. The third kappa shape index (κ3) is 4.19. The van der Waals surface area contributed by atoms with Crippen molar-refractivity contribution in [2.75, 3.05) is 13.1 Å². The zero-order valence-electron chi connectivity index (χ0n) is 17.7. The first-order valence-electron chi connectivity index (χ1n) is 10.6. The highest BCUT2D eigenvalue weighted by atomic mass is 32.2. The van der Waals surface area contributed by atoms with Crippen molar-refractivity contribution in [3.8, 4) is 11.1 Å². The van der Waals surface area contributed by atoms with Crippen molar-refractivity contribution in [1.82, 2.24) is 24.8 Å². The van der Waals surface area contributed by atoms with Crippen LogP contribution in [-0.2, 0) is 9.84 Å². The number of carbonyl (C=O) groups excluding carboxylic acids is 1. The van der Waals surface area contributed by atoms with E-state index >= 15 is 0 Å². The van der Waals surface area contributed by atoms with Crippen LogP contribution < -0.4 is 0 Å². The van der Waals surface area contributed by atoms with Gasteiger partial charge in [0.2, 0.25) is 0 Å². The summed E-state index contributed by atoms with van der Waals surface area (Å²) in [5, 5.41) is -0.532. The Labute approximate surface area is 191 Å². The molecule has 0 bridgehead atoms. The van der Waals surface area contributed by atoms with Gasteiger partial charge in [-0.2, -0.15) is 0 Å². The van der Waals surface area contributed by atoms with Crippen LogP contribution in [0.15, 0.2) is 78.3 Å². The number of fused-ring (bicyclic) bond motifs is 1. The van der Waals surface area contributed by atoms with Crippen molar-refractivity contribution in [3.05, 3.63) is 79.1 Å². The highest BCUT2D eigenvalue weighted by molar-refractivity contribution is 7.92. The normalized spacial score (nSPS) is 15.0. The minimum atomic E-state index is -3.50. The number of hydrogen-bond donors (Lipinski definition) is 0. The summed E-state index contributed by atoms with van der Waals surface area (Å²) in [5.74, 6) is -0.224. The van der Waals surface area contributed by atoms with Gasteiger partial charge in [-0.05, 0) is 42.7 Å². The molecule has 1 aliphatic rings. The number of aromatic nitrogens is 4. The van der Waals surface area contributed by atoms with Crippen LogP contribution in [-0.4, -0.2) is 57.5 Å². The molecule has 166 valence electrons. The molecule has 4 aromatic rings. The molecule has 8 nitrogen and oxygen atoms in total. The number of piperidine rings is 1. The monoisotopic (exact) mass is 459 g/mol. The average Bonchev–Trinajstić information content (AvgIpc) is 2.88. The van der Waals surface area contributed by atoms with Crippen molar-refractivity contribution in [1.29, 1.82) is 0 Å². The van der Waals surface area contributed by atoms with E-state index in [2.05, 4.69) is 19.9 Å². The Balaban J connectivity index is 1.27. The summed E-state index contributed by atoms with van der Waals surface area (Å²) in [6.45, 7) is 0.716. The summed E-state index contributed by atoms with van der Waals surface area (Å²) in [7, 11) is -3.50. The molecule has 0 saturated carbocycles. The smallest absolute Gasteiger partial charge is 0.274 e. The molecule has 1 amide bonds. The van der Waals surface area contributed by atoms with E-state index in [1.807, 2.05) is 24.3 Å². The number of sulfone groups is 1. The molecule has 0 spiro atoms. The summed E-state index contributed by atoms with van der Waals surface area (Å²) < 4.78 is 26.4. The number of nitrogens with zero attached hydrogens (tertiary/aromatic N) is 5. The van der Waals surface area contributed by atoms with E-state index in [9.17, 15) is 13.2 Å². The second kappa shape index (κ2) is 8.67. The molecule has 0 unspecified atom stereocenters. The SMILES string of the molecule is O=C(c1cnc2ccccc2n1)N1CCC(S(=O)(=O)c2ccc(-c3cncnc3)cc2)CC1. The van der Waals surface area contributed by atoms with Crippen molar-refractivity contribution in [2.24, 2.45) is 0 Å². The van der Waals surface area contributed by atoms with Gasteiger partial charge in [-0.3, -0.25) is 9.78 Å². The number of carbonyl (C=O) groups is 1. The molecule has 5 rings (SSSR count). The minimum Gasteiger partial charge on any atom is -0.337 e. The van der Waals surface area contributed by atoms with Crippen molar-refractivity contribution in [3.63, 3.8) is 0 Å². The van der Waals surface area contributed by atoms with Gasteiger partial charge in [-0.1, -0.05) is 24.3 Å². The topological polar surface area (TPSA) is 106 Å². The van der Waals surface area contributed by atoms with Gasteiger partial charge in [-0.15, -0.1) is 0 Å². The van der Waals surface area contributed by atoms with Gasteiger partial charge in [0.25, 0.3) is 5.91 Å². The highest BCUT2D eigenvalue weighted by Crippen LogP contribution is 2.27. The van der Waals surface area contributed by atoms with Crippen LogP contribution in [0.4, 0.5) is 0 Å². The molecule has 0 radical (unpaired) electrons. The van der Waals surface area contributed by atoms with Gasteiger partial charge in [0.1, 0.15) is 12.0 Å². The lowest BCUT2D eigenvalue weighted by Crippen LogP contribution is -2.42. The maximum absolute atomic E-state index is 13.2. The Bertz CT molecular complexity index is 1400. The Morgan fingerprint density at radius 2 is 1.52 bits per heavy atom. The molecule has 33 heavy (non-hydrogen) atoms. The van der Waals surface area contributed by atoms with Gasteiger partial charge >= 0.3 is 0 Å². The van der Waals surface area contributed by atoms with Crippen LogP contribution in [0.25, 0.3) is 22.2 Å². The quantitative estimate of drug-likeness (QED) is 0.461. The summed E-state index contributed by atoms with van der Waals surface area (Å²) in [4.78, 5) is 31.6. The number of rotatable bonds is 4. The predicted octanol–water partition coefficient (Wildman–Crippen LogP) is 3.17. The fourth-order valence-corrected chi connectivity index (χ4v) is 5.80. The number of para-hydroxylation sites is 2. The van der Waals surface area contributed by atoms with Crippen LogP contribution in [0.1, 0.15) is 23.3 Å². The zero-order valence-corrected chi connectivity index (χ0v) is 18.5. The number of amides is 1. The largest absolute Gasteiger partial charge is 0.337 e. The first-order valence-corrected chi connectivity index (χ1v) is 12.2. The molecule has 2 aromatic carbocycles. The Kier molecular flexibility index (Phi) is 5.55. The van der Waals surface area contributed by atoms with E-state index in [1.165, 1.54) is 12.5 Å². The average molecular weight is 460 g/mol. The summed E-state index contributed by atoms with van der Waals surface area (Å²) in [5.41, 5.74) is 3.34.